The van der Waals surface area contributed by atoms with E-state index in [0.29, 0.717) is 36.5 Å². The normalized spacial score (nSPS) is 25.4. The van der Waals surface area contributed by atoms with Gasteiger partial charge in [0.2, 0.25) is 5.91 Å². The number of H-pyrrole nitrogens is 1. The Morgan fingerprint density at radius 3 is 2.83 bits per heavy atom. The summed E-state index contributed by atoms with van der Waals surface area (Å²) >= 11 is 0. The first kappa shape index (κ1) is 27.1. The quantitative estimate of drug-likeness (QED) is 0.288. The van der Waals surface area contributed by atoms with Gasteiger partial charge in [0, 0.05) is 41.9 Å². The van der Waals surface area contributed by atoms with Gasteiger partial charge in [-0.2, -0.15) is 0 Å². The van der Waals surface area contributed by atoms with E-state index in [-0.39, 0.29) is 11.3 Å². The van der Waals surface area contributed by atoms with Crippen molar-refractivity contribution in [3.05, 3.63) is 64.3 Å². The molecule has 0 spiro atoms. The van der Waals surface area contributed by atoms with Gasteiger partial charge in [-0.1, -0.05) is 31.2 Å². The predicted molar refractivity (Wildman–Crippen MR) is 160 cm³/mol. The number of unbranched alkanes of at least 4 members (excludes halogenated alkanes) is 1. The van der Waals surface area contributed by atoms with Crippen LogP contribution in [-0.2, 0) is 28.9 Å². The maximum atomic E-state index is 12.7. The third kappa shape index (κ3) is 4.86. The largest absolute Gasteiger partial charge is 0.496 e. The predicted octanol–water partition coefficient (Wildman–Crippen LogP) is 6.98. The first-order valence-electron chi connectivity index (χ1n) is 15.4. The molecule has 3 aromatic rings. The highest BCUT2D eigenvalue weighted by atomic mass is 16.5. The van der Waals surface area contributed by atoms with Gasteiger partial charge in [-0.25, -0.2) is 0 Å². The molecule has 3 aliphatic carbocycles. The summed E-state index contributed by atoms with van der Waals surface area (Å²) in [5, 5.41) is 4.37. The molecule has 3 aliphatic rings. The highest BCUT2D eigenvalue weighted by Gasteiger charge is 2.54. The van der Waals surface area contributed by atoms with Crippen molar-refractivity contribution in [2.75, 3.05) is 13.7 Å². The average molecular weight is 541 g/mol. The first-order valence-corrected chi connectivity index (χ1v) is 15.4. The van der Waals surface area contributed by atoms with Crippen LogP contribution >= 0.6 is 0 Å². The highest BCUT2D eigenvalue weighted by Crippen LogP contribution is 2.59. The molecule has 40 heavy (non-hydrogen) atoms. The van der Waals surface area contributed by atoms with E-state index in [9.17, 15) is 9.59 Å². The summed E-state index contributed by atoms with van der Waals surface area (Å²) in [5.41, 5.74) is 7.83. The summed E-state index contributed by atoms with van der Waals surface area (Å²) in [6, 6.07) is 11.1. The number of para-hydroxylation sites is 1. The number of methoxy groups -OCH3 is 1. The number of fused-ring (bicyclic) bond motifs is 6. The van der Waals surface area contributed by atoms with Gasteiger partial charge in [-0.3, -0.25) is 9.59 Å². The van der Waals surface area contributed by atoms with E-state index in [0.717, 1.165) is 63.5 Å². The van der Waals surface area contributed by atoms with Crippen molar-refractivity contribution in [2.45, 2.75) is 90.4 Å². The van der Waals surface area contributed by atoms with Crippen molar-refractivity contribution < 1.29 is 14.3 Å². The SMILES string of the molecule is COc1cc2c(cc1CCCCC(=O)NCCc1c[nH]c3c(C)cccc13)C1CC[C@]3(C)C(=O)CCC3C1CC2. The lowest BCUT2D eigenvalue weighted by Gasteiger charge is -2.48. The molecule has 2 saturated carbocycles. The summed E-state index contributed by atoms with van der Waals surface area (Å²) < 4.78 is 5.82. The summed E-state index contributed by atoms with van der Waals surface area (Å²) in [6.07, 6.45) is 12.5. The van der Waals surface area contributed by atoms with Crippen LogP contribution in [0.3, 0.4) is 0 Å². The van der Waals surface area contributed by atoms with Crippen molar-refractivity contribution >= 4 is 22.6 Å². The van der Waals surface area contributed by atoms with Crippen molar-refractivity contribution in [3.8, 4) is 5.75 Å². The number of aromatic amines is 1. The Balaban J connectivity index is 1.02. The van der Waals surface area contributed by atoms with E-state index in [4.69, 9.17) is 4.74 Å². The number of aryl methyl sites for hydroxylation is 3. The average Bonchev–Trinajstić information content (AvgIpc) is 3.51. The number of nitrogens with one attached hydrogen (secondary N) is 2. The molecule has 6 rings (SSSR count). The Morgan fingerprint density at radius 1 is 1.10 bits per heavy atom. The van der Waals surface area contributed by atoms with Gasteiger partial charge < -0.3 is 15.0 Å². The standard InChI is InChI=1S/C35H44N2O3/c1-22-7-6-9-26-25(21-37-34(22)26)16-18-36-33(39)10-5-4-8-24-19-29-23(20-31(24)40-3)11-12-28-27(29)15-17-35(2)30(28)13-14-32(35)38/h6-7,9,19-21,27-28,30,37H,4-5,8,10-18H2,1-3H3,(H,36,39)/t27?,28?,30?,35-/m0/s1. The molecule has 5 nitrogen and oxygen atoms in total. The highest BCUT2D eigenvalue weighted by molar-refractivity contribution is 5.87. The zero-order valence-corrected chi connectivity index (χ0v) is 24.4. The number of amides is 1. The number of rotatable bonds is 9. The van der Waals surface area contributed by atoms with Crippen molar-refractivity contribution in [2.24, 2.45) is 17.3 Å². The van der Waals surface area contributed by atoms with E-state index >= 15 is 0 Å². The molecule has 0 aliphatic heterocycles. The van der Waals surface area contributed by atoms with Gasteiger partial charge in [-0.15, -0.1) is 0 Å². The second-order valence-electron chi connectivity index (χ2n) is 12.8. The molecule has 0 radical (unpaired) electrons. The molecule has 3 unspecified atom stereocenters. The minimum Gasteiger partial charge on any atom is -0.496 e. The topological polar surface area (TPSA) is 71.2 Å². The fourth-order valence-electron chi connectivity index (χ4n) is 8.40. The van der Waals surface area contributed by atoms with Crippen LogP contribution < -0.4 is 10.1 Å². The van der Waals surface area contributed by atoms with Gasteiger partial charge in [0.25, 0.3) is 0 Å². The van der Waals surface area contributed by atoms with E-state index in [1.165, 1.54) is 45.1 Å². The second kappa shape index (κ2) is 11.1. The van der Waals surface area contributed by atoms with E-state index in [1.54, 1.807) is 7.11 Å². The zero-order valence-electron chi connectivity index (χ0n) is 24.4. The molecule has 1 heterocycles. The molecule has 0 bridgehead atoms. The van der Waals surface area contributed by atoms with Crippen LogP contribution in [0.5, 0.6) is 5.75 Å². The molecular weight excluding hydrogens is 496 g/mol. The molecule has 212 valence electrons. The summed E-state index contributed by atoms with van der Waals surface area (Å²) in [4.78, 5) is 28.6. The Morgan fingerprint density at radius 2 is 1.98 bits per heavy atom. The minimum absolute atomic E-state index is 0.0804. The molecule has 1 aromatic heterocycles. The molecule has 4 atom stereocenters. The third-order valence-corrected chi connectivity index (χ3v) is 10.7. The molecule has 2 fully saturated rings. The van der Waals surface area contributed by atoms with Crippen LogP contribution in [0.4, 0.5) is 0 Å². The van der Waals surface area contributed by atoms with Crippen LogP contribution in [0.1, 0.15) is 92.0 Å². The Hall–Kier alpha value is -3.08. The molecule has 2 aromatic carbocycles. The molecular formula is C35H44N2O3. The van der Waals surface area contributed by atoms with Crippen LogP contribution in [0, 0.1) is 24.2 Å². The van der Waals surface area contributed by atoms with Crippen LogP contribution in [0.15, 0.2) is 36.5 Å². The van der Waals surface area contributed by atoms with Crippen molar-refractivity contribution in [1.29, 1.82) is 0 Å². The number of carbonyl (C=O) groups excluding carboxylic acids is 2. The van der Waals surface area contributed by atoms with Gasteiger partial charge in [-0.05, 0) is 116 Å². The lowest BCUT2D eigenvalue weighted by Crippen LogP contribution is -2.42. The Labute approximate surface area is 238 Å². The van der Waals surface area contributed by atoms with Gasteiger partial charge in [0.15, 0.2) is 0 Å². The molecule has 1 amide bonds. The Bertz CT molecular complexity index is 1420. The maximum Gasteiger partial charge on any atom is 0.220 e. The fraction of sp³-hybridized carbons (Fsp3) is 0.543. The third-order valence-electron chi connectivity index (χ3n) is 10.7. The van der Waals surface area contributed by atoms with Crippen molar-refractivity contribution in [1.82, 2.24) is 10.3 Å². The summed E-state index contributed by atoms with van der Waals surface area (Å²) in [5.74, 6) is 3.39. The monoisotopic (exact) mass is 540 g/mol. The van der Waals surface area contributed by atoms with E-state index in [2.05, 4.69) is 60.7 Å². The van der Waals surface area contributed by atoms with Crippen LogP contribution in [-0.4, -0.2) is 30.3 Å². The molecule has 2 N–H and O–H groups in total. The number of Topliss-reactive ketones (excluding diaryl/α,β-unsaturated/α-hetero) is 1. The number of carbonyl (C=O) groups is 2. The number of ketones is 1. The molecule has 0 saturated heterocycles. The van der Waals surface area contributed by atoms with Crippen molar-refractivity contribution in [3.63, 3.8) is 0 Å². The number of aromatic nitrogens is 1. The fourth-order valence-corrected chi connectivity index (χ4v) is 8.40. The van der Waals surface area contributed by atoms with E-state index in [1.807, 2.05) is 0 Å². The smallest absolute Gasteiger partial charge is 0.220 e. The van der Waals surface area contributed by atoms with Gasteiger partial charge in [0.1, 0.15) is 11.5 Å². The van der Waals surface area contributed by atoms with Gasteiger partial charge >= 0.3 is 0 Å². The number of hydrogen-bond acceptors (Lipinski definition) is 3. The number of hydrogen-bond donors (Lipinski definition) is 2. The summed E-state index contributed by atoms with van der Waals surface area (Å²) in [6.45, 7) is 5.02. The Kier molecular flexibility index (Phi) is 7.50. The zero-order chi connectivity index (χ0) is 27.9. The maximum absolute atomic E-state index is 12.7. The number of ether oxygens (including phenoxy) is 1. The minimum atomic E-state index is -0.0804. The molecule has 5 heteroatoms. The lowest BCUT2D eigenvalue weighted by atomic mass is 9.55. The first-order chi connectivity index (χ1) is 19.4. The van der Waals surface area contributed by atoms with Crippen LogP contribution in [0.2, 0.25) is 0 Å². The van der Waals surface area contributed by atoms with Crippen LogP contribution in [0.25, 0.3) is 10.9 Å². The second-order valence-corrected chi connectivity index (χ2v) is 12.8. The van der Waals surface area contributed by atoms with E-state index < -0.39 is 0 Å². The lowest BCUT2D eigenvalue weighted by molar-refractivity contribution is -0.129. The van der Waals surface area contributed by atoms with Gasteiger partial charge in [0.05, 0.1) is 7.11 Å². The number of benzene rings is 2. The summed E-state index contributed by atoms with van der Waals surface area (Å²) in [7, 11) is 1.77.